The molecule has 1 heterocycles. The van der Waals surface area contributed by atoms with Gasteiger partial charge in [-0.05, 0) is 84.1 Å². The molecule has 1 aliphatic rings. The van der Waals surface area contributed by atoms with E-state index in [1.807, 2.05) is 67.6 Å². The number of nitrogens with zero attached hydrogens (tertiary/aromatic N) is 1. The van der Waals surface area contributed by atoms with Crippen molar-refractivity contribution < 1.29 is 75.6 Å². The summed E-state index contributed by atoms with van der Waals surface area (Å²) in [5.41, 5.74) is 11.0. The number of carbonyl (C=O) groups is 5. The molecule has 414 valence electrons. The van der Waals surface area contributed by atoms with E-state index in [0.717, 1.165) is 27.8 Å². The Hall–Kier alpha value is -7.82. The second kappa shape index (κ2) is 32.7. The number of nitrogens with two attached hydrogens (primary N) is 1. The van der Waals surface area contributed by atoms with Crippen LogP contribution >= 0.6 is 0 Å². The Morgan fingerprint density at radius 3 is 1.44 bits per heavy atom. The van der Waals surface area contributed by atoms with Gasteiger partial charge in [0, 0.05) is 12.8 Å². The van der Waals surface area contributed by atoms with Gasteiger partial charge < -0.3 is 49.7 Å². The van der Waals surface area contributed by atoms with Crippen LogP contribution in [0.5, 0.6) is 11.5 Å². The number of amides is 3. The van der Waals surface area contributed by atoms with Crippen molar-refractivity contribution in [3.8, 4) is 11.5 Å². The number of hydrogen-bond donors (Lipinski definition) is 5. The highest BCUT2D eigenvalue weighted by Crippen LogP contribution is 2.22. The molecule has 0 saturated heterocycles. The Morgan fingerprint density at radius 1 is 0.538 bits per heavy atom. The van der Waals surface area contributed by atoms with Crippen LogP contribution in [0, 0.1) is 6.92 Å². The zero-order chi connectivity index (χ0) is 56.1. The van der Waals surface area contributed by atoms with E-state index in [-0.39, 0.29) is 86.5 Å². The lowest BCUT2D eigenvalue weighted by molar-refractivity contribution is -0.149. The lowest BCUT2D eigenvalue weighted by Gasteiger charge is -2.18. The van der Waals surface area contributed by atoms with E-state index in [4.69, 9.17) is 38.7 Å². The first-order chi connectivity index (χ1) is 37.6. The Morgan fingerprint density at radius 2 is 0.962 bits per heavy atom. The quantitative estimate of drug-likeness (QED) is 0.0167. The highest BCUT2D eigenvalue weighted by molar-refractivity contribution is 7.85. The number of fused-ring (bicyclic) bond motifs is 1. The molecule has 0 saturated carbocycles. The van der Waals surface area contributed by atoms with E-state index >= 15 is 0 Å². The fourth-order valence-corrected chi connectivity index (χ4v) is 7.68. The molecule has 0 fully saturated rings. The molecule has 6 aromatic carbocycles. The summed E-state index contributed by atoms with van der Waals surface area (Å²) < 4.78 is 62.1. The van der Waals surface area contributed by atoms with E-state index in [0.29, 0.717) is 50.6 Å². The Kier molecular flexibility index (Phi) is 25.6. The molecule has 78 heavy (non-hydrogen) atoms. The number of nitrogens with one attached hydrogen (secondary N) is 1. The number of aryl methyl sites for hydroxylation is 1. The van der Waals surface area contributed by atoms with Crippen LogP contribution in [0.1, 0.15) is 55.0 Å². The number of phenolic OH excluding ortho intramolecular Hbond substituents is 2. The molecule has 7 rings (SSSR count). The Balaban J connectivity index is 0.000000292. The van der Waals surface area contributed by atoms with Gasteiger partial charge >= 0.3 is 11.9 Å². The van der Waals surface area contributed by atoms with Gasteiger partial charge in [0.1, 0.15) is 36.8 Å². The van der Waals surface area contributed by atoms with Gasteiger partial charge in [0.25, 0.3) is 21.9 Å². The first-order valence-electron chi connectivity index (χ1n) is 24.9. The van der Waals surface area contributed by atoms with Crippen molar-refractivity contribution in [3.63, 3.8) is 0 Å². The number of rotatable bonds is 27. The zero-order valence-corrected chi connectivity index (χ0v) is 44.0. The second-order valence-electron chi connectivity index (χ2n) is 17.4. The summed E-state index contributed by atoms with van der Waals surface area (Å²) in [4.78, 5) is 63.0. The second-order valence-corrected chi connectivity index (χ2v) is 18.9. The predicted molar refractivity (Wildman–Crippen MR) is 287 cm³/mol. The van der Waals surface area contributed by atoms with Crippen molar-refractivity contribution in [2.24, 2.45) is 5.73 Å². The number of carbonyl (C=O) groups excluding carboxylic acids is 5. The number of hydrogen-bond acceptors (Lipinski definition) is 16. The van der Waals surface area contributed by atoms with Gasteiger partial charge in [-0.25, -0.2) is 4.79 Å². The number of esters is 2. The third-order valence-electron chi connectivity index (χ3n) is 11.4. The average Bonchev–Trinajstić information content (AvgIpc) is 3.68. The van der Waals surface area contributed by atoms with Gasteiger partial charge in [-0.1, -0.05) is 115 Å². The normalized spacial score (nSPS) is 12.5. The van der Waals surface area contributed by atoms with E-state index in [1.54, 1.807) is 72.8 Å². The maximum Gasteiger partial charge on any atom is 0.329 e. The van der Waals surface area contributed by atoms with Gasteiger partial charge in [0.05, 0.1) is 75.4 Å². The zero-order valence-electron chi connectivity index (χ0n) is 43.1. The van der Waals surface area contributed by atoms with Crippen molar-refractivity contribution in [2.45, 2.75) is 56.4 Å². The van der Waals surface area contributed by atoms with Crippen LogP contribution < -0.4 is 11.1 Å². The van der Waals surface area contributed by atoms with Crippen molar-refractivity contribution in [2.75, 3.05) is 59.4 Å². The van der Waals surface area contributed by atoms with E-state index in [9.17, 15) is 42.6 Å². The lowest BCUT2D eigenvalue weighted by Crippen LogP contribution is -2.43. The predicted octanol–water partition coefficient (Wildman–Crippen LogP) is 6.16. The highest BCUT2D eigenvalue weighted by atomic mass is 32.2. The summed E-state index contributed by atoms with van der Waals surface area (Å²) >= 11 is 0. The summed E-state index contributed by atoms with van der Waals surface area (Å²) in [7, 11) is -4.02. The largest absolute Gasteiger partial charge is 0.508 e. The van der Waals surface area contributed by atoms with Crippen LogP contribution in [-0.4, -0.2) is 129 Å². The maximum atomic E-state index is 12.8. The molecule has 0 bridgehead atoms. The molecule has 0 aliphatic carbocycles. The Labute approximate surface area is 453 Å². The van der Waals surface area contributed by atoms with Crippen LogP contribution in [0.25, 0.3) is 0 Å². The molecule has 0 aromatic heterocycles. The van der Waals surface area contributed by atoms with E-state index < -0.39 is 34.1 Å². The number of aromatic hydroxyl groups is 2. The van der Waals surface area contributed by atoms with Crippen molar-refractivity contribution in [1.82, 2.24) is 10.2 Å². The number of ether oxygens (including phenoxy) is 6. The first kappa shape index (κ1) is 61.0. The van der Waals surface area contributed by atoms with Crippen LogP contribution in [0.4, 0.5) is 0 Å². The molecule has 6 aromatic rings. The fourth-order valence-electron chi connectivity index (χ4n) is 7.20. The van der Waals surface area contributed by atoms with Crippen molar-refractivity contribution in [1.29, 1.82) is 0 Å². The minimum absolute atomic E-state index is 0.0498. The molecule has 0 radical (unpaired) electrons. The minimum atomic E-state index is -4.02. The molecule has 0 spiro atoms. The van der Waals surface area contributed by atoms with Crippen LogP contribution in [0.2, 0.25) is 0 Å². The van der Waals surface area contributed by atoms with Crippen molar-refractivity contribution >= 4 is 39.8 Å². The van der Waals surface area contributed by atoms with E-state index in [2.05, 4.69) is 5.32 Å². The van der Waals surface area contributed by atoms with Crippen LogP contribution in [0.15, 0.2) is 163 Å². The monoisotopic (exact) mass is 1090 g/mol. The molecule has 1 aliphatic heterocycles. The Bertz CT molecular complexity index is 2880. The van der Waals surface area contributed by atoms with Gasteiger partial charge in [0.15, 0.2) is 0 Å². The average molecular weight is 1090 g/mol. The summed E-state index contributed by atoms with van der Waals surface area (Å²) in [6, 6.07) is 42.9. The molecule has 3 amide bonds. The fraction of sp³-hybridized carbons (Fsp3) is 0.293. The highest BCUT2D eigenvalue weighted by Gasteiger charge is 2.34. The number of benzene rings is 6. The molecule has 6 N–H and O–H groups in total. The molecule has 2 atom stereocenters. The molecule has 19 nitrogen and oxygen atoms in total. The summed E-state index contributed by atoms with van der Waals surface area (Å²) in [5, 5.41) is 21.5. The maximum absolute atomic E-state index is 12.8. The summed E-state index contributed by atoms with van der Waals surface area (Å²) in [6.07, 6.45) is 0.639. The third-order valence-corrected chi connectivity index (χ3v) is 12.3. The number of imide groups is 1. The molecule has 0 unspecified atom stereocenters. The van der Waals surface area contributed by atoms with Crippen LogP contribution in [-0.2, 0) is 79.0 Å². The van der Waals surface area contributed by atoms with Gasteiger partial charge in [-0.15, -0.1) is 0 Å². The van der Waals surface area contributed by atoms with Gasteiger partial charge in [-0.2, -0.15) is 8.42 Å². The molecular formula is C58H65N3O16S. The van der Waals surface area contributed by atoms with Crippen molar-refractivity contribution in [3.05, 3.63) is 197 Å². The first-order valence-corrected chi connectivity index (χ1v) is 26.3. The molecular weight excluding hydrogens is 1030 g/mol. The topological polar surface area (TPSA) is 277 Å². The van der Waals surface area contributed by atoms with E-state index in [1.165, 1.54) is 29.2 Å². The number of phenols is 2. The van der Waals surface area contributed by atoms with Gasteiger partial charge in [-0.3, -0.25) is 28.6 Å². The molecule has 20 heteroatoms. The van der Waals surface area contributed by atoms with Gasteiger partial charge in [0.2, 0.25) is 5.91 Å². The minimum Gasteiger partial charge on any atom is -0.508 e. The summed E-state index contributed by atoms with van der Waals surface area (Å²) in [5.74, 6) is -1.65. The standard InChI is InChI=1S/C35H40N2O10.C16H17NO3.C7H8O3S/c38-28-12-10-26(11-13-28)24-31(35(42)47-25-27-6-2-1-3-7-27)36-32(39)14-16-43-18-20-45-22-23-46-21-19-44-17-15-37-33(40)29-8-4-5-9-30(29)34(37)41;17-15(10-12-6-8-14(18)9-7-12)16(19)20-11-13-4-2-1-3-5-13;1-6-2-4-7(5-3-6)11(8,9)10/h1-13,31,38H,14-25H2,(H,36,39);1-9,15,18H,10-11,17H2;2-5H,1H3,(H,8,9,10)/t31-;15-;/m00./s1. The third kappa shape index (κ3) is 22.0. The summed E-state index contributed by atoms with van der Waals surface area (Å²) in [6.45, 7) is 4.66. The van der Waals surface area contributed by atoms with Crippen LogP contribution in [0.3, 0.4) is 0 Å². The SMILES string of the molecule is Cc1ccc(S(=O)(=O)O)cc1.N[C@@H](Cc1ccc(O)cc1)C(=O)OCc1ccccc1.O=C(CCOCCOCCOCCOCCN1C(=O)c2ccccc2C1=O)N[C@@H](Cc1ccc(O)cc1)C(=O)OCc1ccccc1. The smallest absolute Gasteiger partial charge is 0.329 e. The lowest BCUT2D eigenvalue weighted by atomic mass is 10.1.